The van der Waals surface area contributed by atoms with E-state index in [1.807, 2.05) is 36.4 Å². The summed E-state index contributed by atoms with van der Waals surface area (Å²) in [6.45, 7) is 5.97. The fraction of sp³-hybridized carbons (Fsp3) is 0.148. The second-order valence-electron chi connectivity index (χ2n) is 7.78. The first-order valence-corrected chi connectivity index (χ1v) is 10.3. The summed E-state index contributed by atoms with van der Waals surface area (Å²) in [4.78, 5) is 12.8. The molecule has 0 bridgehead atoms. The molecule has 3 aromatic carbocycles. The number of esters is 1. The van der Waals surface area contributed by atoms with Crippen LogP contribution in [-0.2, 0) is 4.79 Å². The van der Waals surface area contributed by atoms with Gasteiger partial charge in [-0.15, -0.1) is 0 Å². The molecule has 0 atom stereocenters. The number of hydrogen-bond acceptors (Lipinski definition) is 2. The van der Waals surface area contributed by atoms with Gasteiger partial charge in [0.05, 0.1) is 5.69 Å². The summed E-state index contributed by atoms with van der Waals surface area (Å²) >= 11 is 0. The molecule has 0 unspecified atom stereocenters. The van der Waals surface area contributed by atoms with Crippen LogP contribution >= 0.6 is 0 Å². The summed E-state index contributed by atoms with van der Waals surface area (Å²) in [5, 5.41) is 1.05. The Bertz CT molecular complexity index is 1250. The zero-order chi connectivity index (χ0) is 22.0. The van der Waals surface area contributed by atoms with Crippen molar-refractivity contribution in [3.63, 3.8) is 0 Å². The van der Waals surface area contributed by atoms with Gasteiger partial charge in [-0.05, 0) is 62.7 Å². The van der Waals surface area contributed by atoms with Crippen molar-refractivity contribution in [1.29, 1.82) is 0 Å². The molecule has 4 aromatic rings. The molecule has 0 aliphatic heterocycles. The highest BCUT2D eigenvalue weighted by Crippen LogP contribution is 2.38. The molecule has 0 amide bonds. The maximum atomic E-state index is 13.6. The van der Waals surface area contributed by atoms with Gasteiger partial charge in [-0.1, -0.05) is 48.5 Å². The van der Waals surface area contributed by atoms with Crippen LogP contribution in [0.4, 0.5) is 4.39 Å². The topological polar surface area (TPSA) is 31.2 Å². The molecule has 0 aliphatic rings. The number of benzene rings is 3. The standard InChI is InChI=1S/C27H24FNO2/c1-18(2)29-24-12-8-7-11-23(24)26(20-13-15-21(28)16-14-20)25(29)17-19(3)27(30)31-22-9-5-4-6-10-22/h4-18H,1-3H3. The number of para-hydroxylation sites is 2. The molecule has 0 N–H and O–H groups in total. The van der Waals surface area contributed by atoms with E-state index in [4.69, 9.17) is 4.74 Å². The highest BCUT2D eigenvalue weighted by atomic mass is 19.1. The molecule has 0 radical (unpaired) electrons. The average molecular weight is 413 g/mol. The fourth-order valence-electron chi connectivity index (χ4n) is 3.84. The van der Waals surface area contributed by atoms with Crippen molar-refractivity contribution < 1.29 is 13.9 Å². The SMILES string of the molecule is CC(=Cc1c(-c2ccc(F)cc2)c2ccccc2n1C(C)C)C(=O)Oc1ccccc1. The van der Waals surface area contributed by atoms with E-state index in [-0.39, 0.29) is 11.9 Å². The summed E-state index contributed by atoms with van der Waals surface area (Å²) < 4.78 is 21.3. The zero-order valence-corrected chi connectivity index (χ0v) is 17.8. The first kappa shape index (κ1) is 20.6. The number of fused-ring (bicyclic) bond motifs is 1. The second-order valence-corrected chi connectivity index (χ2v) is 7.78. The number of aromatic nitrogens is 1. The summed E-state index contributed by atoms with van der Waals surface area (Å²) in [6, 6.07) is 23.8. The van der Waals surface area contributed by atoms with Crippen LogP contribution in [0.5, 0.6) is 5.75 Å². The Morgan fingerprint density at radius 1 is 0.935 bits per heavy atom. The van der Waals surface area contributed by atoms with Crippen molar-refractivity contribution in [1.82, 2.24) is 4.57 Å². The first-order valence-electron chi connectivity index (χ1n) is 10.3. The van der Waals surface area contributed by atoms with E-state index in [0.29, 0.717) is 11.3 Å². The monoisotopic (exact) mass is 413 g/mol. The highest BCUT2D eigenvalue weighted by molar-refractivity contribution is 6.03. The van der Waals surface area contributed by atoms with Crippen LogP contribution in [0.25, 0.3) is 28.1 Å². The minimum atomic E-state index is -0.406. The molecule has 0 saturated heterocycles. The van der Waals surface area contributed by atoms with Crippen molar-refractivity contribution in [2.24, 2.45) is 0 Å². The van der Waals surface area contributed by atoms with Gasteiger partial charge in [-0.25, -0.2) is 9.18 Å². The van der Waals surface area contributed by atoms with Crippen LogP contribution < -0.4 is 4.74 Å². The molecule has 156 valence electrons. The Balaban J connectivity index is 1.88. The van der Waals surface area contributed by atoms with Gasteiger partial charge >= 0.3 is 5.97 Å². The molecule has 4 heteroatoms. The van der Waals surface area contributed by atoms with Crippen molar-refractivity contribution in [3.05, 3.63) is 95.9 Å². The molecule has 0 saturated carbocycles. The molecule has 31 heavy (non-hydrogen) atoms. The fourth-order valence-corrected chi connectivity index (χ4v) is 3.84. The van der Waals surface area contributed by atoms with Gasteiger partial charge in [0.25, 0.3) is 0 Å². The maximum absolute atomic E-state index is 13.6. The van der Waals surface area contributed by atoms with Gasteiger partial charge < -0.3 is 9.30 Å². The number of ether oxygens (including phenoxy) is 1. The van der Waals surface area contributed by atoms with E-state index in [9.17, 15) is 9.18 Å². The Morgan fingerprint density at radius 2 is 1.58 bits per heavy atom. The summed E-state index contributed by atoms with van der Waals surface area (Å²) in [7, 11) is 0. The summed E-state index contributed by atoms with van der Waals surface area (Å²) in [5.74, 6) is -0.184. The van der Waals surface area contributed by atoms with Gasteiger partial charge in [-0.2, -0.15) is 0 Å². The van der Waals surface area contributed by atoms with Crippen LogP contribution in [-0.4, -0.2) is 10.5 Å². The van der Waals surface area contributed by atoms with Gasteiger partial charge in [-0.3, -0.25) is 0 Å². The number of carbonyl (C=O) groups excluding carboxylic acids is 1. The normalized spacial score (nSPS) is 11.8. The lowest BCUT2D eigenvalue weighted by molar-refractivity contribution is -0.130. The van der Waals surface area contributed by atoms with E-state index in [1.54, 1.807) is 31.2 Å². The minimum absolute atomic E-state index is 0.156. The highest BCUT2D eigenvalue weighted by Gasteiger charge is 2.20. The van der Waals surface area contributed by atoms with Crippen molar-refractivity contribution in [3.8, 4) is 16.9 Å². The van der Waals surface area contributed by atoms with Gasteiger partial charge in [0.1, 0.15) is 11.6 Å². The van der Waals surface area contributed by atoms with Gasteiger partial charge in [0.15, 0.2) is 0 Å². The molecule has 3 nitrogen and oxygen atoms in total. The van der Waals surface area contributed by atoms with E-state index in [0.717, 1.165) is 27.7 Å². The molecular weight excluding hydrogens is 389 g/mol. The molecule has 0 aliphatic carbocycles. The Labute approximate surface area is 181 Å². The number of rotatable bonds is 5. The van der Waals surface area contributed by atoms with Crippen molar-refractivity contribution in [2.45, 2.75) is 26.8 Å². The molecule has 0 spiro atoms. The first-order chi connectivity index (χ1) is 15.0. The smallest absolute Gasteiger partial charge is 0.339 e. The average Bonchev–Trinajstić information content (AvgIpc) is 3.09. The molecular formula is C27H24FNO2. The number of carbonyl (C=O) groups is 1. The number of hydrogen-bond donors (Lipinski definition) is 0. The van der Waals surface area contributed by atoms with Crippen molar-refractivity contribution >= 4 is 22.9 Å². The predicted octanol–water partition coefficient (Wildman–Crippen LogP) is 7.04. The van der Waals surface area contributed by atoms with Crippen LogP contribution in [0.2, 0.25) is 0 Å². The quantitative estimate of drug-likeness (QED) is 0.200. The van der Waals surface area contributed by atoms with E-state index < -0.39 is 5.97 Å². The molecule has 0 fully saturated rings. The Hall–Kier alpha value is -3.66. The number of halogens is 1. The predicted molar refractivity (Wildman–Crippen MR) is 123 cm³/mol. The Morgan fingerprint density at radius 3 is 2.26 bits per heavy atom. The van der Waals surface area contributed by atoms with Crippen LogP contribution in [0.15, 0.2) is 84.4 Å². The number of nitrogens with zero attached hydrogens (tertiary/aromatic N) is 1. The van der Waals surface area contributed by atoms with Crippen LogP contribution in [0.3, 0.4) is 0 Å². The van der Waals surface area contributed by atoms with Gasteiger partial charge in [0.2, 0.25) is 0 Å². The minimum Gasteiger partial charge on any atom is -0.423 e. The molecule has 1 aromatic heterocycles. The lowest BCUT2D eigenvalue weighted by Gasteiger charge is -2.14. The third kappa shape index (κ3) is 4.15. The van der Waals surface area contributed by atoms with Crippen LogP contribution in [0.1, 0.15) is 32.5 Å². The van der Waals surface area contributed by atoms with Gasteiger partial charge in [0, 0.05) is 28.1 Å². The molecule has 4 rings (SSSR count). The second kappa shape index (κ2) is 8.60. The van der Waals surface area contributed by atoms with Crippen LogP contribution in [0, 0.1) is 5.82 Å². The lowest BCUT2D eigenvalue weighted by atomic mass is 10.0. The maximum Gasteiger partial charge on any atom is 0.339 e. The van der Waals surface area contributed by atoms with E-state index >= 15 is 0 Å². The van der Waals surface area contributed by atoms with E-state index in [1.165, 1.54) is 12.1 Å². The van der Waals surface area contributed by atoms with Crippen molar-refractivity contribution in [2.75, 3.05) is 0 Å². The third-order valence-corrected chi connectivity index (χ3v) is 5.23. The zero-order valence-electron chi connectivity index (χ0n) is 17.8. The van der Waals surface area contributed by atoms with E-state index in [2.05, 4.69) is 30.5 Å². The lowest BCUT2D eigenvalue weighted by Crippen LogP contribution is -2.10. The summed E-state index contributed by atoms with van der Waals surface area (Å²) in [6.07, 6.45) is 1.87. The Kier molecular flexibility index (Phi) is 5.72. The summed E-state index contributed by atoms with van der Waals surface area (Å²) in [5.41, 5.74) is 4.30. The molecule has 1 heterocycles. The third-order valence-electron chi connectivity index (χ3n) is 5.23. The largest absolute Gasteiger partial charge is 0.423 e.